The van der Waals surface area contributed by atoms with Crippen molar-refractivity contribution in [3.8, 4) is 0 Å². The SMILES string of the molecule is CC(=O)c1ccc2c(c1)NC(=O)CS2=O. The minimum atomic E-state index is -1.29. The molecule has 5 heteroatoms. The molecule has 4 nitrogen and oxygen atoms in total. The van der Waals surface area contributed by atoms with E-state index in [1.54, 1.807) is 18.2 Å². The van der Waals surface area contributed by atoms with Gasteiger partial charge in [-0.3, -0.25) is 13.8 Å². The maximum atomic E-state index is 11.5. The zero-order valence-electron chi connectivity index (χ0n) is 8.07. The number of benzene rings is 1. The lowest BCUT2D eigenvalue weighted by atomic mass is 10.1. The largest absolute Gasteiger partial charge is 0.324 e. The molecule has 0 saturated heterocycles. The zero-order chi connectivity index (χ0) is 11.0. The van der Waals surface area contributed by atoms with Crippen LogP contribution in [0.25, 0.3) is 0 Å². The Hall–Kier alpha value is -1.49. The van der Waals surface area contributed by atoms with Crippen molar-refractivity contribution in [1.82, 2.24) is 0 Å². The monoisotopic (exact) mass is 223 g/mol. The summed E-state index contributed by atoms with van der Waals surface area (Å²) >= 11 is 0. The topological polar surface area (TPSA) is 63.2 Å². The summed E-state index contributed by atoms with van der Waals surface area (Å²) < 4.78 is 11.5. The molecule has 1 aromatic carbocycles. The highest BCUT2D eigenvalue weighted by Crippen LogP contribution is 2.25. The van der Waals surface area contributed by atoms with E-state index in [9.17, 15) is 13.8 Å². The third-order valence-corrected chi connectivity index (χ3v) is 3.54. The lowest BCUT2D eigenvalue weighted by Gasteiger charge is -2.16. The van der Waals surface area contributed by atoms with Gasteiger partial charge in [-0.05, 0) is 19.1 Å². The molecule has 1 unspecified atom stereocenters. The molecule has 1 amide bonds. The molecule has 0 aliphatic carbocycles. The van der Waals surface area contributed by atoms with Gasteiger partial charge >= 0.3 is 0 Å². The maximum absolute atomic E-state index is 11.5. The van der Waals surface area contributed by atoms with Crippen molar-refractivity contribution in [2.45, 2.75) is 11.8 Å². The molecule has 0 bridgehead atoms. The fourth-order valence-electron chi connectivity index (χ4n) is 1.43. The fourth-order valence-corrected chi connectivity index (χ4v) is 2.47. The lowest BCUT2D eigenvalue weighted by molar-refractivity contribution is -0.114. The number of fused-ring (bicyclic) bond motifs is 1. The zero-order valence-corrected chi connectivity index (χ0v) is 8.89. The number of carbonyl (C=O) groups is 2. The van der Waals surface area contributed by atoms with Crippen LogP contribution in [0.15, 0.2) is 23.1 Å². The molecule has 0 fully saturated rings. The first-order valence-corrected chi connectivity index (χ1v) is 5.73. The Kier molecular flexibility index (Phi) is 2.40. The minimum absolute atomic E-state index is 0.00752. The van der Waals surface area contributed by atoms with Crippen molar-refractivity contribution in [2.75, 3.05) is 11.1 Å². The molecule has 78 valence electrons. The highest BCUT2D eigenvalue weighted by atomic mass is 32.2. The minimum Gasteiger partial charge on any atom is -0.324 e. The number of Topliss-reactive ketones (excluding diaryl/α,β-unsaturated/α-hetero) is 1. The van der Waals surface area contributed by atoms with Crippen molar-refractivity contribution in [2.24, 2.45) is 0 Å². The molecule has 15 heavy (non-hydrogen) atoms. The second kappa shape index (κ2) is 3.58. The number of ketones is 1. The summed E-state index contributed by atoms with van der Waals surface area (Å²) in [7, 11) is -1.29. The van der Waals surface area contributed by atoms with E-state index in [0.717, 1.165) is 0 Å². The van der Waals surface area contributed by atoms with Crippen LogP contribution in [-0.4, -0.2) is 21.7 Å². The fraction of sp³-hybridized carbons (Fsp3) is 0.200. The molecular formula is C10H9NO3S. The first-order valence-electron chi connectivity index (χ1n) is 4.41. The number of hydrogen-bond acceptors (Lipinski definition) is 3. The second-order valence-corrected chi connectivity index (χ2v) is 4.72. The number of nitrogens with one attached hydrogen (secondary N) is 1. The molecule has 0 saturated carbocycles. The van der Waals surface area contributed by atoms with Crippen molar-refractivity contribution in [1.29, 1.82) is 0 Å². The van der Waals surface area contributed by atoms with Gasteiger partial charge in [-0.25, -0.2) is 0 Å². The van der Waals surface area contributed by atoms with Crippen LogP contribution in [-0.2, 0) is 15.6 Å². The number of carbonyl (C=O) groups excluding carboxylic acids is 2. The molecule has 1 aliphatic heterocycles. The highest BCUT2D eigenvalue weighted by Gasteiger charge is 2.21. The van der Waals surface area contributed by atoms with Crippen molar-refractivity contribution < 1.29 is 13.8 Å². The van der Waals surface area contributed by atoms with E-state index in [4.69, 9.17) is 0 Å². The summed E-state index contributed by atoms with van der Waals surface area (Å²) in [5.41, 5.74) is 0.991. The van der Waals surface area contributed by atoms with Crippen molar-refractivity contribution in [3.05, 3.63) is 23.8 Å². The van der Waals surface area contributed by atoms with E-state index in [-0.39, 0.29) is 17.4 Å². The summed E-state index contributed by atoms with van der Waals surface area (Å²) in [4.78, 5) is 22.8. The Morgan fingerprint density at radius 3 is 2.87 bits per heavy atom. The Balaban J connectivity index is 2.52. The normalized spacial score (nSPS) is 19.3. The quantitative estimate of drug-likeness (QED) is 0.721. The Bertz CT molecular complexity index is 482. The van der Waals surface area contributed by atoms with Crippen LogP contribution in [0.1, 0.15) is 17.3 Å². The van der Waals surface area contributed by atoms with Gasteiger partial charge in [-0.1, -0.05) is 6.07 Å². The first-order chi connectivity index (χ1) is 7.08. The predicted molar refractivity (Wildman–Crippen MR) is 56.4 cm³/mol. The molecule has 0 radical (unpaired) electrons. The van der Waals surface area contributed by atoms with E-state index in [0.29, 0.717) is 16.1 Å². The average molecular weight is 223 g/mol. The number of rotatable bonds is 1. The van der Waals surface area contributed by atoms with Gasteiger partial charge in [0.2, 0.25) is 5.91 Å². The van der Waals surface area contributed by atoms with Crippen LogP contribution in [0.2, 0.25) is 0 Å². The molecule has 2 rings (SSSR count). The van der Waals surface area contributed by atoms with Crippen LogP contribution in [0.5, 0.6) is 0 Å². The second-order valence-electron chi connectivity index (χ2n) is 3.31. The third kappa shape index (κ3) is 1.83. The van der Waals surface area contributed by atoms with E-state index in [1.165, 1.54) is 6.92 Å². The van der Waals surface area contributed by atoms with E-state index < -0.39 is 10.8 Å². The summed E-state index contributed by atoms with van der Waals surface area (Å²) in [5, 5.41) is 2.60. The molecular weight excluding hydrogens is 214 g/mol. The van der Waals surface area contributed by atoms with Gasteiger partial charge in [0.05, 0.1) is 21.4 Å². The first kappa shape index (κ1) is 10.0. The van der Waals surface area contributed by atoms with E-state index >= 15 is 0 Å². The average Bonchev–Trinajstić information content (AvgIpc) is 2.16. The molecule has 1 aliphatic rings. The molecule has 0 aromatic heterocycles. The number of hydrogen-bond donors (Lipinski definition) is 1. The van der Waals surface area contributed by atoms with Gasteiger partial charge in [0.1, 0.15) is 5.75 Å². The van der Waals surface area contributed by atoms with E-state index in [1.807, 2.05) is 0 Å². The summed E-state index contributed by atoms with van der Waals surface area (Å²) in [5.74, 6) is -0.364. The Morgan fingerprint density at radius 1 is 1.47 bits per heavy atom. The highest BCUT2D eigenvalue weighted by molar-refractivity contribution is 7.86. The predicted octanol–water partition coefficient (Wildman–Crippen LogP) is 0.949. The number of anilines is 1. The van der Waals surface area contributed by atoms with Gasteiger partial charge in [0.25, 0.3) is 0 Å². The van der Waals surface area contributed by atoms with Crippen molar-refractivity contribution in [3.63, 3.8) is 0 Å². The Morgan fingerprint density at radius 2 is 2.20 bits per heavy atom. The smallest absolute Gasteiger partial charge is 0.237 e. The summed E-state index contributed by atoms with van der Waals surface area (Å²) in [6.07, 6.45) is 0. The molecule has 0 spiro atoms. The van der Waals surface area contributed by atoms with Gasteiger partial charge in [-0.15, -0.1) is 0 Å². The summed E-state index contributed by atoms with van der Waals surface area (Å²) in [6.45, 7) is 1.45. The Labute approximate surface area is 89.1 Å². The van der Waals surface area contributed by atoms with Gasteiger partial charge in [-0.2, -0.15) is 0 Å². The van der Waals surface area contributed by atoms with Gasteiger partial charge in [0.15, 0.2) is 5.78 Å². The van der Waals surface area contributed by atoms with Crippen LogP contribution < -0.4 is 5.32 Å². The standard InChI is InChI=1S/C10H9NO3S/c1-6(12)7-2-3-9-8(4-7)11-10(13)5-15(9)14/h2-4H,5H2,1H3,(H,11,13). The van der Waals surface area contributed by atoms with Gasteiger partial charge in [0, 0.05) is 5.56 Å². The van der Waals surface area contributed by atoms with Crippen molar-refractivity contribution >= 4 is 28.2 Å². The molecule has 1 N–H and O–H groups in total. The van der Waals surface area contributed by atoms with Gasteiger partial charge < -0.3 is 5.32 Å². The molecule has 1 aromatic rings. The van der Waals surface area contributed by atoms with Crippen LogP contribution in [0.4, 0.5) is 5.69 Å². The maximum Gasteiger partial charge on any atom is 0.237 e. The lowest BCUT2D eigenvalue weighted by Crippen LogP contribution is -2.25. The number of amides is 1. The third-order valence-electron chi connectivity index (χ3n) is 2.17. The van der Waals surface area contributed by atoms with Crippen LogP contribution >= 0.6 is 0 Å². The van der Waals surface area contributed by atoms with Crippen LogP contribution in [0, 0.1) is 0 Å². The van der Waals surface area contributed by atoms with E-state index in [2.05, 4.69) is 5.32 Å². The molecule has 1 atom stereocenters. The molecule has 1 heterocycles. The summed E-state index contributed by atoms with van der Waals surface area (Å²) in [6, 6.07) is 4.81. The van der Waals surface area contributed by atoms with Crippen LogP contribution in [0.3, 0.4) is 0 Å².